The van der Waals surface area contributed by atoms with Crippen molar-refractivity contribution in [3.05, 3.63) is 52.4 Å². The van der Waals surface area contributed by atoms with E-state index in [1.54, 1.807) is 11.9 Å². The number of piperidine rings is 1. The van der Waals surface area contributed by atoms with Crippen molar-refractivity contribution in [1.82, 2.24) is 23.8 Å². The SMILES string of the molecule is Cn1cc(C(F)(F)F)nc1C1CCCN(C(=O)Cc2nc3ccccn3c2Br)C1. The van der Waals surface area contributed by atoms with Crippen LogP contribution in [0.2, 0.25) is 0 Å². The van der Waals surface area contributed by atoms with Gasteiger partial charge in [0, 0.05) is 38.4 Å². The quantitative estimate of drug-likeness (QED) is 0.586. The number of carbonyl (C=O) groups excluding carboxylic acids is 1. The van der Waals surface area contributed by atoms with E-state index in [2.05, 4.69) is 25.9 Å². The Bertz CT molecular complexity index is 1060. The van der Waals surface area contributed by atoms with E-state index in [1.807, 2.05) is 28.8 Å². The number of likely N-dealkylation sites (tertiary alicyclic amines) is 1. The minimum absolute atomic E-state index is 0.0935. The lowest BCUT2D eigenvalue weighted by molar-refractivity contribution is -0.141. The molecule has 4 heterocycles. The number of carbonyl (C=O) groups is 1. The van der Waals surface area contributed by atoms with Crippen molar-refractivity contribution >= 4 is 27.5 Å². The fourth-order valence-corrected chi connectivity index (χ4v) is 4.32. The molecule has 1 fully saturated rings. The molecule has 0 radical (unpaired) electrons. The van der Waals surface area contributed by atoms with Crippen LogP contribution < -0.4 is 0 Å². The van der Waals surface area contributed by atoms with Gasteiger partial charge in [0.1, 0.15) is 16.1 Å². The van der Waals surface area contributed by atoms with Gasteiger partial charge in [-0.2, -0.15) is 13.2 Å². The molecule has 0 aliphatic carbocycles. The third-order valence-electron chi connectivity index (χ3n) is 5.20. The summed E-state index contributed by atoms with van der Waals surface area (Å²) in [6.07, 6.45) is -0.0691. The maximum atomic E-state index is 13.0. The molecule has 0 spiro atoms. The topological polar surface area (TPSA) is 55.4 Å². The molecule has 3 aromatic heterocycles. The summed E-state index contributed by atoms with van der Waals surface area (Å²) in [4.78, 5) is 22.9. The van der Waals surface area contributed by atoms with Crippen LogP contribution in [-0.2, 0) is 24.4 Å². The number of fused-ring (bicyclic) bond motifs is 1. The van der Waals surface area contributed by atoms with Gasteiger partial charge < -0.3 is 9.47 Å². The van der Waals surface area contributed by atoms with Crippen LogP contribution in [0.25, 0.3) is 5.65 Å². The van der Waals surface area contributed by atoms with Crippen LogP contribution in [0.15, 0.2) is 35.2 Å². The Balaban J connectivity index is 1.50. The maximum Gasteiger partial charge on any atom is 0.434 e. The van der Waals surface area contributed by atoms with E-state index in [0.717, 1.165) is 22.9 Å². The van der Waals surface area contributed by atoms with E-state index in [-0.39, 0.29) is 18.2 Å². The summed E-state index contributed by atoms with van der Waals surface area (Å²) in [5.41, 5.74) is 0.484. The van der Waals surface area contributed by atoms with Gasteiger partial charge in [0.15, 0.2) is 5.69 Å². The first-order valence-corrected chi connectivity index (χ1v) is 10.0. The second kappa shape index (κ2) is 7.47. The van der Waals surface area contributed by atoms with E-state index in [1.165, 1.54) is 4.57 Å². The molecular formula is C19H19BrF3N5O. The van der Waals surface area contributed by atoms with Crippen molar-refractivity contribution in [2.45, 2.75) is 31.4 Å². The predicted octanol–water partition coefficient (Wildman–Crippen LogP) is 3.80. The zero-order valence-corrected chi connectivity index (χ0v) is 17.2. The number of nitrogens with zero attached hydrogens (tertiary/aromatic N) is 5. The van der Waals surface area contributed by atoms with Crippen molar-refractivity contribution in [3.8, 4) is 0 Å². The van der Waals surface area contributed by atoms with E-state index >= 15 is 0 Å². The van der Waals surface area contributed by atoms with Crippen LogP contribution in [-0.4, -0.2) is 42.8 Å². The lowest BCUT2D eigenvalue weighted by Gasteiger charge is -2.32. The van der Waals surface area contributed by atoms with Crippen LogP contribution >= 0.6 is 15.9 Å². The Morgan fingerprint density at radius 2 is 2.10 bits per heavy atom. The van der Waals surface area contributed by atoms with Crippen molar-refractivity contribution < 1.29 is 18.0 Å². The Hall–Kier alpha value is -2.36. The Morgan fingerprint density at radius 1 is 1.31 bits per heavy atom. The van der Waals surface area contributed by atoms with Crippen LogP contribution in [0.1, 0.15) is 36.0 Å². The van der Waals surface area contributed by atoms with E-state index in [0.29, 0.717) is 31.0 Å². The number of alkyl halides is 3. The summed E-state index contributed by atoms with van der Waals surface area (Å²) in [7, 11) is 1.56. The molecule has 1 aliphatic rings. The van der Waals surface area contributed by atoms with Crippen LogP contribution in [0.3, 0.4) is 0 Å². The maximum absolute atomic E-state index is 13.0. The molecule has 0 N–H and O–H groups in total. The molecule has 1 aliphatic heterocycles. The molecular weight excluding hydrogens is 451 g/mol. The molecule has 4 rings (SSSR count). The smallest absolute Gasteiger partial charge is 0.342 e. The van der Waals surface area contributed by atoms with Crippen molar-refractivity contribution in [2.75, 3.05) is 13.1 Å². The molecule has 6 nitrogen and oxygen atoms in total. The number of hydrogen-bond donors (Lipinski definition) is 0. The van der Waals surface area contributed by atoms with Gasteiger partial charge in [-0.1, -0.05) is 6.07 Å². The normalized spacial score (nSPS) is 17.8. The zero-order chi connectivity index (χ0) is 20.8. The number of pyridine rings is 1. The first-order valence-electron chi connectivity index (χ1n) is 9.23. The Labute approximate surface area is 173 Å². The number of aromatic nitrogens is 4. The molecule has 29 heavy (non-hydrogen) atoms. The molecule has 1 amide bonds. The molecule has 1 unspecified atom stereocenters. The second-order valence-corrected chi connectivity index (χ2v) is 7.98. The largest absolute Gasteiger partial charge is 0.434 e. The average molecular weight is 470 g/mol. The van der Waals surface area contributed by atoms with E-state index in [4.69, 9.17) is 0 Å². The fourth-order valence-electron chi connectivity index (χ4n) is 3.79. The third-order valence-corrected chi connectivity index (χ3v) is 6.04. The number of hydrogen-bond acceptors (Lipinski definition) is 3. The molecule has 1 atom stereocenters. The third kappa shape index (κ3) is 3.90. The Morgan fingerprint density at radius 3 is 2.79 bits per heavy atom. The summed E-state index contributed by atoms with van der Waals surface area (Å²) in [5.74, 6) is 0.0473. The summed E-state index contributed by atoms with van der Waals surface area (Å²) < 4.78 is 42.9. The zero-order valence-electron chi connectivity index (χ0n) is 15.7. The molecule has 1 saturated heterocycles. The van der Waals surface area contributed by atoms with Gasteiger partial charge in [0.25, 0.3) is 0 Å². The van der Waals surface area contributed by atoms with Gasteiger partial charge in [-0.05, 0) is 40.9 Å². The average Bonchev–Trinajstić information content (AvgIpc) is 3.23. The minimum atomic E-state index is -4.48. The summed E-state index contributed by atoms with van der Waals surface area (Å²) in [5, 5.41) is 0. The number of rotatable bonds is 3. The molecule has 0 saturated carbocycles. The molecule has 0 bridgehead atoms. The highest BCUT2D eigenvalue weighted by Gasteiger charge is 2.36. The first-order chi connectivity index (χ1) is 13.7. The summed E-state index contributed by atoms with van der Waals surface area (Å²) in [6, 6.07) is 5.61. The minimum Gasteiger partial charge on any atom is -0.342 e. The van der Waals surface area contributed by atoms with Gasteiger partial charge in [0.05, 0.1) is 12.1 Å². The number of amides is 1. The first kappa shape index (κ1) is 19.9. The van der Waals surface area contributed by atoms with Crippen molar-refractivity contribution in [2.24, 2.45) is 7.05 Å². The highest BCUT2D eigenvalue weighted by molar-refractivity contribution is 9.10. The second-order valence-electron chi connectivity index (χ2n) is 7.23. The van der Waals surface area contributed by atoms with E-state index in [9.17, 15) is 18.0 Å². The molecule has 154 valence electrons. The molecule has 10 heteroatoms. The monoisotopic (exact) mass is 469 g/mol. The standard InChI is InChI=1S/C19H19BrF3N5O/c1-26-11-14(19(21,22)23)25-18(26)12-5-4-7-27(10-12)16(29)9-13-17(20)28-8-3-2-6-15(28)24-13/h2-3,6,8,11-12H,4-5,7,9-10H2,1H3. The highest BCUT2D eigenvalue weighted by Crippen LogP contribution is 2.32. The summed E-state index contributed by atoms with van der Waals surface area (Å²) >= 11 is 3.49. The van der Waals surface area contributed by atoms with Crippen LogP contribution in [0.4, 0.5) is 13.2 Å². The highest BCUT2D eigenvalue weighted by atomic mass is 79.9. The predicted molar refractivity (Wildman–Crippen MR) is 103 cm³/mol. The van der Waals surface area contributed by atoms with Crippen molar-refractivity contribution in [1.29, 1.82) is 0 Å². The van der Waals surface area contributed by atoms with Gasteiger partial charge in [-0.25, -0.2) is 9.97 Å². The molecule has 0 aromatic carbocycles. The van der Waals surface area contributed by atoms with Gasteiger partial charge >= 0.3 is 6.18 Å². The van der Waals surface area contributed by atoms with Gasteiger partial charge in [-0.15, -0.1) is 0 Å². The Kier molecular flexibility index (Phi) is 5.14. The van der Waals surface area contributed by atoms with Gasteiger partial charge in [0.2, 0.25) is 5.91 Å². The van der Waals surface area contributed by atoms with Gasteiger partial charge in [-0.3, -0.25) is 9.20 Å². The molecule has 3 aromatic rings. The fraction of sp³-hybridized carbons (Fsp3) is 0.421. The van der Waals surface area contributed by atoms with E-state index < -0.39 is 11.9 Å². The lowest BCUT2D eigenvalue weighted by atomic mass is 9.97. The lowest BCUT2D eigenvalue weighted by Crippen LogP contribution is -2.40. The van der Waals surface area contributed by atoms with Crippen LogP contribution in [0, 0.1) is 0 Å². The van der Waals surface area contributed by atoms with Crippen molar-refractivity contribution in [3.63, 3.8) is 0 Å². The number of halogens is 4. The number of imidazole rings is 2. The number of aryl methyl sites for hydroxylation is 1. The van der Waals surface area contributed by atoms with Crippen LogP contribution in [0.5, 0.6) is 0 Å². The summed E-state index contributed by atoms with van der Waals surface area (Å²) in [6.45, 7) is 0.933.